The van der Waals surface area contributed by atoms with E-state index in [-0.39, 0.29) is 61.4 Å². The highest BCUT2D eigenvalue weighted by Crippen LogP contribution is 2.26. The molecule has 0 radical (unpaired) electrons. The fraction of sp³-hybridized carbons (Fsp3) is 0.533. The van der Waals surface area contributed by atoms with Crippen molar-refractivity contribution in [2.75, 3.05) is 44.4 Å². The third kappa shape index (κ3) is 9.95. The van der Waals surface area contributed by atoms with Crippen LogP contribution in [0.5, 0.6) is 0 Å². The molecule has 0 bridgehead atoms. The van der Waals surface area contributed by atoms with Crippen LogP contribution in [-0.2, 0) is 40.0 Å². The lowest BCUT2D eigenvalue weighted by Crippen LogP contribution is -2.48. The molecule has 14 heteroatoms. The maximum absolute atomic E-state index is 15.1. The molecule has 2 saturated heterocycles. The van der Waals surface area contributed by atoms with Gasteiger partial charge in [-0.2, -0.15) is 0 Å². The molecule has 238 valence electrons. The molecule has 2 fully saturated rings. The molecule has 2 aromatic rings. The number of anilines is 1. The lowest BCUT2D eigenvalue weighted by Gasteiger charge is -2.32. The average Bonchev–Trinajstić information content (AvgIpc) is 2.99. The van der Waals surface area contributed by atoms with E-state index in [0.717, 1.165) is 31.4 Å². The van der Waals surface area contributed by atoms with Gasteiger partial charge in [-0.15, -0.1) is 0 Å². The number of benzene rings is 1. The van der Waals surface area contributed by atoms with Crippen molar-refractivity contribution < 1.29 is 37.8 Å². The number of hydrogen-bond donors (Lipinski definition) is 2. The zero-order valence-corrected chi connectivity index (χ0v) is 24.8. The Morgan fingerprint density at radius 1 is 1.16 bits per heavy atom. The van der Waals surface area contributed by atoms with Crippen molar-refractivity contribution in [1.29, 1.82) is 5.41 Å². The number of esters is 2. The minimum atomic E-state index is -0.704. The van der Waals surface area contributed by atoms with Gasteiger partial charge in [0.25, 0.3) is 0 Å². The third-order valence-corrected chi connectivity index (χ3v) is 6.87. The molecule has 0 spiro atoms. The number of ether oxygens (including phenoxy) is 4. The van der Waals surface area contributed by atoms with Crippen LogP contribution < -0.4 is 10.6 Å². The van der Waals surface area contributed by atoms with E-state index >= 15 is 4.39 Å². The maximum Gasteiger partial charge on any atom is 0.313 e. The number of nitrogens with one attached hydrogen (secondary N) is 1. The summed E-state index contributed by atoms with van der Waals surface area (Å²) in [5.41, 5.74) is 6.91. The Morgan fingerprint density at radius 3 is 2.66 bits per heavy atom. The predicted molar refractivity (Wildman–Crippen MR) is 158 cm³/mol. The zero-order valence-electron chi connectivity index (χ0n) is 24.8. The highest BCUT2D eigenvalue weighted by atomic mass is 19.1. The molecule has 0 amide bonds. The van der Waals surface area contributed by atoms with Crippen molar-refractivity contribution in [2.45, 2.75) is 58.3 Å². The molecule has 2 unspecified atom stereocenters. The van der Waals surface area contributed by atoms with E-state index in [4.69, 9.17) is 34.9 Å². The van der Waals surface area contributed by atoms with Crippen LogP contribution in [0.1, 0.15) is 51.0 Å². The third-order valence-electron chi connectivity index (χ3n) is 6.87. The minimum absolute atomic E-state index is 0.178. The first kappa shape index (κ1) is 32.7. The molecule has 0 aliphatic carbocycles. The van der Waals surface area contributed by atoms with Gasteiger partial charge in [-0.05, 0) is 25.7 Å². The van der Waals surface area contributed by atoms with Crippen molar-refractivity contribution in [3.8, 4) is 11.1 Å². The predicted octanol–water partition coefficient (Wildman–Crippen LogP) is 3.35. The van der Waals surface area contributed by atoms with E-state index in [2.05, 4.69) is 15.1 Å². The summed E-state index contributed by atoms with van der Waals surface area (Å²) in [6.07, 6.45) is 6.46. The summed E-state index contributed by atoms with van der Waals surface area (Å²) < 4.78 is 37.0. The molecular weight excluding hydrogens is 575 g/mol. The van der Waals surface area contributed by atoms with Crippen LogP contribution in [0.3, 0.4) is 0 Å². The van der Waals surface area contributed by atoms with Crippen LogP contribution in [0.15, 0.2) is 35.7 Å². The van der Waals surface area contributed by atoms with Gasteiger partial charge in [-0.1, -0.05) is 30.3 Å². The van der Waals surface area contributed by atoms with Gasteiger partial charge < -0.3 is 34.4 Å². The van der Waals surface area contributed by atoms with E-state index in [9.17, 15) is 9.59 Å². The fourth-order valence-corrected chi connectivity index (χ4v) is 4.45. The molecule has 1 aromatic carbocycles. The second-order valence-electron chi connectivity index (χ2n) is 10.7. The monoisotopic (exact) mass is 614 g/mol. The molecule has 3 heterocycles. The quantitative estimate of drug-likeness (QED) is 0.123. The van der Waals surface area contributed by atoms with Crippen molar-refractivity contribution in [1.82, 2.24) is 9.97 Å². The van der Waals surface area contributed by atoms with Crippen LogP contribution in [-0.4, -0.2) is 79.3 Å². The average molecular weight is 615 g/mol. The number of halogens is 1. The second kappa shape index (κ2) is 16.6. The first-order valence-electron chi connectivity index (χ1n) is 14.7. The maximum atomic E-state index is 15.1. The highest BCUT2D eigenvalue weighted by Gasteiger charge is 2.26. The van der Waals surface area contributed by atoms with Gasteiger partial charge in [0.15, 0.2) is 6.29 Å². The largest absolute Gasteiger partial charge is 0.465 e. The number of carbonyl (C=O) groups is 2. The Hall–Kier alpha value is -4.17. The molecule has 0 saturated carbocycles. The van der Waals surface area contributed by atoms with E-state index in [0.29, 0.717) is 44.2 Å². The summed E-state index contributed by atoms with van der Waals surface area (Å²) in [6.45, 7) is 3.99. The topological polar surface area (TPSA) is 172 Å². The normalized spacial score (nSPS) is 16.9. The number of oxime groups is 1. The molecular formula is C30H39FN6O7. The van der Waals surface area contributed by atoms with Gasteiger partial charge >= 0.3 is 11.9 Å². The van der Waals surface area contributed by atoms with Crippen LogP contribution in [0, 0.1) is 17.1 Å². The Labute approximate surface area is 255 Å². The van der Waals surface area contributed by atoms with Gasteiger partial charge in [0.05, 0.1) is 37.9 Å². The Kier molecular flexibility index (Phi) is 12.4. The number of hydrogen-bond acceptors (Lipinski definition) is 12. The van der Waals surface area contributed by atoms with Crippen molar-refractivity contribution in [3.63, 3.8) is 0 Å². The van der Waals surface area contributed by atoms with E-state index in [1.165, 1.54) is 18.5 Å². The van der Waals surface area contributed by atoms with Crippen LogP contribution >= 0.6 is 0 Å². The van der Waals surface area contributed by atoms with Gasteiger partial charge in [-0.25, -0.2) is 14.4 Å². The van der Waals surface area contributed by atoms with Crippen LogP contribution in [0.2, 0.25) is 0 Å². The van der Waals surface area contributed by atoms with Crippen LogP contribution in [0.4, 0.5) is 10.3 Å². The fourth-order valence-electron chi connectivity index (χ4n) is 4.45. The summed E-state index contributed by atoms with van der Waals surface area (Å²) >= 11 is 0. The van der Waals surface area contributed by atoms with Crippen molar-refractivity contribution in [2.24, 2.45) is 16.8 Å². The molecule has 4 rings (SSSR count). The number of carbonyl (C=O) groups excluding carboxylic acids is 2. The number of aromatic nitrogens is 2. The van der Waals surface area contributed by atoms with Gasteiger partial charge in [0.2, 0.25) is 5.95 Å². The number of rotatable bonds is 16. The molecule has 1 aromatic heterocycles. The molecule has 44 heavy (non-hydrogen) atoms. The summed E-state index contributed by atoms with van der Waals surface area (Å²) in [5.74, 6) is -1.56. The summed E-state index contributed by atoms with van der Waals surface area (Å²) in [6, 6.07) is 4.75. The SMILES string of the molecule is CCCC(=O)OCC(CON=C1CN(c2ncc(-c3cccc(COC(=O)CC(=N)N)c3F)cn2)C1)COC1CCCCO1. The Bertz CT molecular complexity index is 1300. The number of amidine groups is 1. The number of nitrogens with two attached hydrogens (primary N) is 1. The van der Waals surface area contributed by atoms with Crippen LogP contribution in [0.25, 0.3) is 11.1 Å². The van der Waals surface area contributed by atoms with E-state index < -0.39 is 11.8 Å². The molecule has 13 nitrogen and oxygen atoms in total. The second-order valence-corrected chi connectivity index (χ2v) is 10.7. The van der Waals surface area contributed by atoms with Crippen molar-refractivity contribution >= 4 is 29.4 Å². The Balaban J connectivity index is 1.26. The molecule has 2 aliphatic rings. The van der Waals surface area contributed by atoms with Gasteiger partial charge in [-0.3, -0.25) is 15.0 Å². The summed E-state index contributed by atoms with van der Waals surface area (Å²) in [4.78, 5) is 39.7. The van der Waals surface area contributed by atoms with E-state index in [1.54, 1.807) is 12.1 Å². The smallest absolute Gasteiger partial charge is 0.313 e. The first-order valence-corrected chi connectivity index (χ1v) is 14.7. The zero-order chi connectivity index (χ0) is 31.3. The summed E-state index contributed by atoms with van der Waals surface area (Å²) in [5, 5.41) is 11.4. The van der Waals surface area contributed by atoms with Gasteiger partial charge in [0, 0.05) is 42.1 Å². The molecule has 2 atom stereocenters. The van der Waals surface area contributed by atoms with Gasteiger partial charge in [0.1, 0.15) is 31.3 Å². The minimum Gasteiger partial charge on any atom is -0.465 e. The molecule has 2 aliphatic heterocycles. The summed E-state index contributed by atoms with van der Waals surface area (Å²) in [7, 11) is 0. The standard InChI is InChI=1S/C30H39FN6O7/c1-2-6-26(38)41-16-20(17-43-28-9-3-4-10-40-28)18-44-36-23-14-37(15-23)30-34-12-22(13-35-30)24-8-5-7-21(29(24)31)19-42-27(39)11-25(32)33/h5,7-8,12-13,20,28H,2-4,6,9-11,14-19H2,1H3,(H3,32,33). The highest BCUT2D eigenvalue weighted by molar-refractivity contribution is 5.98. The first-order chi connectivity index (χ1) is 21.3. The lowest BCUT2D eigenvalue weighted by atomic mass is 10.1. The van der Waals surface area contributed by atoms with E-state index in [1.807, 2.05) is 11.8 Å². The number of nitrogens with zero attached hydrogens (tertiary/aromatic N) is 4. The lowest BCUT2D eigenvalue weighted by molar-refractivity contribution is -0.176. The Morgan fingerprint density at radius 2 is 1.95 bits per heavy atom. The molecule has 3 N–H and O–H groups in total. The van der Waals surface area contributed by atoms with Crippen molar-refractivity contribution in [3.05, 3.63) is 42.0 Å².